The van der Waals surface area contributed by atoms with Crippen LogP contribution in [0.5, 0.6) is 11.5 Å². The van der Waals surface area contributed by atoms with Crippen molar-refractivity contribution in [1.82, 2.24) is 4.90 Å². The Morgan fingerprint density at radius 1 is 1.17 bits per heavy atom. The number of carbonyl (C=O) groups is 1. The number of benzene rings is 1. The molecule has 0 spiro atoms. The van der Waals surface area contributed by atoms with Crippen LogP contribution >= 0.6 is 0 Å². The maximum Gasteiger partial charge on any atom is 0.409 e. The highest BCUT2D eigenvalue weighted by molar-refractivity contribution is 6.02. The lowest BCUT2D eigenvalue weighted by molar-refractivity contribution is -0.255. The van der Waals surface area contributed by atoms with Crippen LogP contribution in [0.25, 0.3) is 0 Å². The minimum absolute atomic E-state index is 0.0838. The number of phenols is 1. The van der Waals surface area contributed by atoms with Gasteiger partial charge >= 0.3 is 6.09 Å². The lowest BCUT2D eigenvalue weighted by Crippen LogP contribution is -2.70. The number of allylic oxidation sites excluding steroid dienone is 1. The molecule has 1 saturated heterocycles. The molecule has 0 aromatic heterocycles. The van der Waals surface area contributed by atoms with E-state index in [4.69, 9.17) is 28.9 Å². The molecule has 1 saturated carbocycles. The van der Waals surface area contributed by atoms with Gasteiger partial charge in [0.1, 0.15) is 17.5 Å². The summed E-state index contributed by atoms with van der Waals surface area (Å²) in [6.45, 7) is 7.38. The van der Waals surface area contributed by atoms with Gasteiger partial charge in [0.05, 0.1) is 32.0 Å². The van der Waals surface area contributed by atoms with Gasteiger partial charge in [-0.05, 0) is 80.6 Å². The van der Waals surface area contributed by atoms with E-state index < -0.39 is 30.1 Å². The molecule has 1 aromatic carbocycles. The quantitative estimate of drug-likeness (QED) is 0.109. The van der Waals surface area contributed by atoms with Crippen molar-refractivity contribution in [3.63, 3.8) is 0 Å². The fraction of sp³-hybridized carbons (Fsp3) is 0.676. The number of phenolic OH excluding ortho intramolecular Hbond substituents is 1. The first-order chi connectivity index (χ1) is 23.4. The van der Waals surface area contributed by atoms with E-state index in [9.17, 15) is 20.1 Å². The van der Waals surface area contributed by atoms with Crippen molar-refractivity contribution in [3.8, 4) is 11.5 Å². The normalized spacial score (nSPS) is 30.0. The first kappa shape index (κ1) is 36.2. The molecule has 5 rings (SSSR count). The predicted molar refractivity (Wildman–Crippen MR) is 181 cm³/mol. The first-order valence-corrected chi connectivity index (χ1v) is 17.8. The molecule has 2 aliphatic carbocycles. The van der Waals surface area contributed by atoms with Gasteiger partial charge in [0.15, 0.2) is 0 Å². The second kappa shape index (κ2) is 17.0. The summed E-state index contributed by atoms with van der Waals surface area (Å²) in [5, 5.41) is 35.0. The molecule has 48 heavy (non-hydrogen) atoms. The lowest BCUT2D eigenvalue weighted by atomic mass is 9.55. The number of hydrogen-bond donors (Lipinski definition) is 3. The number of ether oxygens (including phenoxy) is 4. The number of aromatic hydroxyl groups is 1. The summed E-state index contributed by atoms with van der Waals surface area (Å²) in [7, 11) is 1.38. The van der Waals surface area contributed by atoms with Crippen molar-refractivity contribution >= 4 is 11.8 Å². The van der Waals surface area contributed by atoms with Crippen LogP contribution in [-0.2, 0) is 19.0 Å². The topological polar surface area (TPSA) is 140 Å². The number of aliphatic hydroxyl groups excluding tert-OH is 2. The van der Waals surface area contributed by atoms with Gasteiger partial charge in [-0.15, -0.1) is 6.58 Å². The van der Waals surface area contributed by atoms with Gasteiger partial charge in [-0.3, -0.25) is 4.90 Å². The predicted octanol–water partition coefficient (Wildman–Crippen LogP) is 6.03. The number of aliphatic hydroxyl groups is 2. The molecule has 11 heteroatoms. The van der Waals surface area contributed by atoms with Crippen molar-refractivity contribution in [2.45, 2.75) is 102 Å². The van der Waals surface area contributed by atoms with Crippen LogP contribution in [0.15, 0.2) is 47.7 Å². The van der Waals surface area contributed by atoms with E-state index in [1.54, 1.807) is 29.2 Å². The minimum Gasteiger partial charge on any atom is -0.508 e. The van der Waals surface area contributed by atoms with Crippen LogP contribution in [0, 0.1) is 17.8 Å². The Kier molecular flexibility index (Phi) is 12.8. The average molecular weight is 671 g/mol. The zero-order valence-corrected chi connectivity index (χ0v) is 28.6. The summed E-state index contributed by atoms with van der Waals surface area (Å²) in [4.78, 5) is 21.4. The number of oxime groups is 1. The summed E-state index contributed by atoms with van der Waals surface area (Å²) in [6.07, 6.45) is 11.4. The Bertz CT molecular complexity index is 1300. The van der Waals surface area contributed by atoms with Gasteiger partial charge in [0.25, 0.3) is 0 Å². The number of fused-ring (bicyclic) bond motifs is 2. The molecule has 3 N–H and O–H groups in total. The molecule has 1 aromatic rings. The standard InChI is InChI=1S/C37H54N2O9/c1-4-17-39(36(43)44-3)32-24-30(38-48-33-14-8-11-21-45-33)28-22-25(12-6-9-18-40)27(13-7-10-19-41)34-29-23-26(42)15-16-31(29)47-37(32,35(28)34)46-20-5-2/h5,15-16,22-23,25,27,32-35,40-42H,2,4,6-14,17-21,24H2,1,3H3/t25-,27+,32-,33?,34+,35+,37+/m0/s1. The highest BCUT2D eigenvalue weighted by atomic mass is 16.8. The molecular weight excluding hydrogens is 616 g/mol. The van der Waals surface area contributed by atoms with Crippen LogP contribution in [0.3, 0.4) is 0 Å². The second-order valence-electron chi connectivity index (χ2n) is 13.4. The third-order valence-electron chi connectivity index (χ3n) is 10.3. The van der Waals surface area contributed by atoms with E-state index in [0.29, 0.717) is 50.3 Å². The third-order valence-corrected chi connectivity index (χ3v) is 10.3. The van der Waals surface area contributed by atoms with Gasteiger partial charge < -0.3 is 39.1 Å². The third kappa shape index (κ3) is 7.54. The molecule has 4 aliphatic rings. The fourth-order valence-electron chi connectivity index (χ4n) is 8.31. The maximum atomic E-state index is 13.6. The summed E-state index contributed by atoms with van der Waals surface area (Å²) in [5.41, 5.74) is 2.53. The molecule has 2 fully saturated rings. The van der Waals surface area contributed by atoms with Crippen LogP contribution in [-0.4, -0.2) is 90.2 Å². The average Bonchev–Trinajstić information content (AvgIpc) is 3.10. The van der Waals surface area contributed by atoms with Crippen molar-refractivity contribution in [3.05, 3.63) is 48.1 Å². The molecule has 266 valence electrons. The van der Waals surface area contributed by atoms with Gasteiger partial charge in [-0.25, -0.2) is 4.79 Å². The number of unbranched alkanes of at least 4 members (excludes halogenated alkanes) is 2. The van der Waals surface area contributed by atoms with Gasteiger partial charge in [-0.1, -0.05) is 37.1 Å². The van der Waals surface area contributed by atoms with Gasteiger partial charge in [-0.2, -0.15) is 0 Å². The van der Waals surface area contributed by atoms with E-state index >= 15 is 0 Å². The van der Waals surface area contributed by atoms with Crippen LogP contribution in [0.2, 0.25) is 0 Å². The van der Waals surface area contributed by atoms with Crippen molar-refractivity contribution in [1.29, 1.82) is 0 Å². The van der Waals surface area contributed by atoms with Crippen LogP contribution in [0.4, 0.5) is 4.79 Å². The number of nitrogens with zero attached hydrogens (tertiary/aromatic N) is 2. The summed E-state index contributed by atoms with van der Waals surface area (Å²) < 4.78 is 25.1. The van der Waals surface area contributed by atoms with E-state index in [2.05, 4.69) is 12.7 Å². The maximum absolute atomic E-state index is 13.6. The van der Waals surface area contributed by atoms with Gasteiger partial charge in [0.2, 0.25) is 12.1 Å². The number of hydrogen-bond acceptors (Lipinski definition) is 10. The Labute approximate surface area is 284 Å². The molecule has 1 unspecified atom stereocenters. The smallest absolute Gasteiger partial charge is 0.409 e. The highest BCUT2D eigenvalue weighted by Crippen LogP contribution is 2.61. The van der Waals surface area contributed by atoms with E-state index in [1.165, 1.54) is 7.11 Å². The number of carbonyl (C=O) groups excluding carboxylic acids is 1. The lowest BCUT2D eigenvalue weighted by Gasteiger charge is -2.59. The zero-order chi connectivity index (χ0) is 34.1. The van der Waals surface area contributed by atoms with E-state index in [-0.39, 0.29) is 43.3 Å². The monoisotopic (exact) mass is 670 g/mol. The van der Waals surface area contributed by atoms with Gasteiger partial charge in [0, 0.05) is 44.1 Å². The molecule has 0 bridgehead atoms. The number of rotatable bonds is 16. The number of amides is 1. The summed E-state index contributed by atoms with van der Waals surface area (Å²) in [6, 6.07) is 4.55. The minimum atomic E-state index is -1.34. The summed E-state index contributed by atoms with van der Waals surface area (Å²) >= 11 is 0. The SMILES string of the molecule is C=CCO[C@@]12Oc3ccc(O)cc3[C@H]3[C@H](CCCCO)[C@@H](CCCCO)C=C(C(=NOC4CCCCO4)C[C@@H]1N(CCC)C(=O)OC)[C@H]32. The fourth-order valence-corrected chi connectivity index (χ4v) is 8.31. The highest BCUT2D eigenvalue weighted by Gasteiger charge is 2.65. The molecule has 7 atom stereocenters. The Balaban J connectivity index is 1.74. The van der Waals surface area contributed by atoms with Crippen molar-refractivity contribution in [2.24, 2.45) is 22.9 Å². The molecular formula is C37H54N2O9. The first-order valence-electron chi connectivity index (χ1n) is 17.8. The Morgan fingerprint density at radius 2 is 1.96 bits per heavy atom. The Morgan fingerprint density at radius 3 is 2.65 bits per heavy atom. The molecule has 1 amide bonds. The van der Waals surface area contributed by atoms with E-state index in [1.807, 2.05) is 6.92 Å². The van der Waals surface area contributed by atoms with Crippen LogP contribution < -0.4 is 4.74 Å². The zero-order valence-electron chi connectivity index (χ0n) is 28.6. The Hall–Kier alpha value is -3.12. The summed E-state index contributed by atoms with van der Waals surface area (Å²) in [5.74, 6) is -1.04. The largest absolute Gasteiger partial charge is 0.508 e. The molecule has 2 heterocycles. The van der Waals surface area contributed by atoms with Crippen molar-refractivity contribution < 1.29 is 43.9 Å². The molecule has 11 nitrogen and oxygen atoms in total. The van der Waals surface area contributed by atoms with E-state index in [0.717, 1.165) is 56.1 Å². The number of methoxy groups -OCH3 is 1. The van der Waals surface area contributed by atoms with Crippen LogP contribution in [0.1, 0.15) is 89.0 Å². The second-order valence-corrected chi connectivity index (χ2v) is 13.4. The molecule has 2 aliphatic heterocycles. The molecule has 0 radical (unpaired) electrons. The van der Waals surface area contributed by atoms with Crippen molar-refractivity contribution in [2.75, 3.05) is 40.1 Å².